The highest BCUT2D eigenvalue weighted by molar-refractivity contribution is 5.78. The van der Waals surface area contributed by atoms with Crippen molar-refractivity contribution in [3.63, 3.8) is 0 Å². The lowest BCUT2D eigenvalue weighted by molar-refractivity contribution is -0.124. The molecule has 0 fully saturated rings. The van der Waals surface area contributed by atoms with Gasteiger partial charge in [0.15, 0.2) is 6.61 Å². The molecule has 118 valence electrons. The van der Waals surface area contributed by atoms with Gasteiger partial charge in [-0.15, -0.1) is 0 Å². The van der Waals surface area contributed by atoms with Crippen LogP contribution in [0.25, 0.3) is 0 Å². The van der Waals surface area contributed by atoms with E-state index in [1.165, 1.54) is 0 Å². The zero-order chi connectivity index (χ0) is 15.9. The van der Waals surface area contributed by atoms with Crippen molar-refractivity contribution in [1.29, 1.82) is 0 Å². The second kappa shape index (κ2) is 7.88. The third-order valence-corrected chi connectivity index (χ3v) is 3.36. The van der Waals surface area contributed by atoms with E-state index in [1.807, 2.05) is 40.0 Å². The molecular formula is C16H26N2O3. The summed E-state index contributed by atoms with van der Waals surface area (Å²) in [6, 6.07) is 5.60. The molecule has 0 aliphatic carbocycles. The van der Waals surface area contributed by atoms with Gasteiger partial charge in [0, 0.05) is 23.7 Å². The molecule has 1 amide bonds. The number of nitrogens with one attached hydrogen (secondary N) is 2. The Labute approximate surface area is 127 Å². The predicted octanol–water partition coefficient (Wildman–Crippen LogP) is 2.10. The van der Waals surface area contributed by atoms with E-state index in [2.05, 4.69) is 10.6 Å². The summed E-state index contributed by atoms with van der Waals surface area (Å²) in [6.07, 6.45) is 0.864. The van der Waals surface area contributed by atoms with Crippen LogP contribution in [0.3, 0.4) is 0 Å². The minimum absolute atomic E-state index is 0.00664. The van der Waals surface area contributed by atoms with E-state index in [4.69, 9.17) is 9.47 Å². The van der Waals surface area contributed by atoms with Crippen molar-refractivity contribution in [2.24, 2.45) is 0 Å². The largest absolute Gasteiger partial charge is 0.497 e. The van der Waals surface area contributed by atoms with E-state index in [0.717, 1.165) is 12.0 Å². The van der Waals surface area contributed by atoms with E-state index in [9.17, 15) is 4.79 Å². The van der Waals surface area contributed by atoms with Crippen LogP contribution in [0.4, 0.5) is 0 Å². The second-order valence-corrected chi connectivity index (χ2v) is 5.58. The molecule has 0 saturated heterocycles. The molecule has 1 rings (SSSR count). The third-order valence-electron chi connectivity index (χ3n) is 3.36. The fraction of sp³-hybridized carbons (Fsp3) is 0.562. The number of benzene rings is 1. The molecule has 0 unspecified atom stereocenters. The molecule has 0 saturated carbocycles. The molecule has 0 aromatic heterocycles. The Morgan fingerprint density at radius 3 is 2.62 bits per heavy atom. The number of hydrogen-bond acceptors (Lipinski definition) is 4. The average molecular weight is 294 g/mol. The maximum atomic E-state index is 11.9. The van der Waals surface area contributed by atoms with Crippen LogP contribution in [0.1, 0.15) is 32.8 Å². The Balaban J connectivity index is 2.71. The molecule has 0 atom stereocenters. The molecule has 1 aromatic rings. The number of ether oxygens (including phenoxy) is 2. The predicted molar refractivity (Wildman–Crippen MR) is 83.8 cm³/mol. The summed E-state index contributed by atoms with van der Waals surface area (Å²) in [5, 5.41) is 6.02. The number of carbonyl (C=O) groups excluding carboxylic acids is 1. The standard InChI is InChI=1S/C16H26N2O3/c1-6-16(2,3)18-15(19)11-21-14-9-13(20-5)8-7-12(14)10-17-4/h7-9,17H,6,10-11H2,1-5H3,(H,18,19). The molecule has 0 bridgehead atoms. The summed E-state index contributed by atoms with van der Waals surface area (Å²) in [6.45, 7) is 6.68. The number of rotatable bonds is 8. The van der Waals surface area contributed by atoms with Gasteiger partial charge in [-0.05, 0) is 33.4 Å². The maximum absolute atomic E-state index is 11.9. The molecule has 1 aromatic carbocycles. The fourth-order valence-corrected chi connectivity index (χ4v) is 1.78. The first-order valence-corrected chi connectivity index (χ1v) is 7.17. The Bertz CT molecular complexity index is 473. The van der Waals surface area contributed by atoms with Gasteiger partial charge in [0.25, 0.3) is 5.91 Å². The molecule has 0 radical (unpaired) electrons. The van der Waals surface area contributed by atoms with Crippen molar-refractivity contribution in [1.82, 2.24) is 10.6 Å². The van der Waals surface area contributed by atoms with Crippen LogP contribution in [0.5, 0.6) is 11.5 Å². The minimum Gasteiger partial charge on any atom is -0.497 e. The van der Waals surface area contributed by atoms with Gasteiger partial charge >= 0.3 is 0 Å². The highest BCUT2D eigenvalue weighted by Crippen LogP contribution is 2.24. The molecule has 2 N–H and O–H groups in total. The Hall–Kier alpha value is -1.75. The molecule has 5 nitrogen and oxygen atoms in total. The maximum Gasteiger partial charge on any atom is 0.258 e. The van der Waals surface area contributed by atoms with Crippen molar-refractivity contribution in [3.8, 4) is 11.5 Å². The lowest BCUT2D eigenvalue weighted by Gasteiger charge is -2.24. The van der Waals surface area contributed by atoms with Gasteiger partial charge in [0.2, 0.25) is 0 Å². The summed E-state index contributed by atoms with van der Waals surface area (Å²) in [4.78, 5) is 11.9. The van der Waals surface area contributed by atoms with Crippen LogP contribution in [0, 0.1) is 0 Å². The lowest BCUT2D eigenvalue weighted by Crippen LogP contribution is -2.44. The fourth-order valence-electron chi connectivity index (χ4n) is 1.78. The van der Waals surface area contributed by atoms with Crippen molar-refractivity contribution < 1.29 is 14.3 Å². The zero-order valence-electron chi connectivity index (χ0n) is 13.6. The van der Waals surface area contributed by atoms with Crippen molar-refractivity contribution in [2.75, 3.05) is 20.8 Å². The smallest absolute Gasteiger partial charge is 0.258 e. The Morgan fingerprint density at radius 2 is 2.05 bits per heavy atom. The summed E-state index contributed by atoms with van der Waals surface area (Å²) in [7, 11) is 3.47. The van der Waals surface area contributed by atoms with Crippen LogP contribution in [0.15, 0.2) is 18.2 Å². The van der Waals surface area contributed by atoms with Crippen molar-refractivity contribution >= 4 is 5.91 Å². The molecule has 5 heteroatoms. The van der Waals surface area contributed by atoms with Crippen molar-refractivity contribution in [2.45, 2.75) is 39.3 Å². The van der Waals surface area contributed by atoms with Crippen LogP contribution < -0.4 is 20.1 Å². The number of hydrogen-bond donors (Lipinski definition) is 2. The zero-order valence-corrected chi connectivity index (χ0v) is 13.6. The van der Waals surface area contributed by atoms with Gasteiger partial charge in [-0.1, -0.05) is 13.0 Å². The first-order valence-electron chi connectivity index (χ1n) is 7.17. The van der Waals surface area contributed by atoms with Gasteiger partial charge < -0.3 is 20.1 Å². The first-order chi connectivity index (χ1) is 9.91. The van der Waals surface area contributed by atoms with E-state index in [1.54, 1.807) is 13.2 Å². The monoisotopic (exact) mass is 294 g/mol. The Kier molecular flexibility index (Phi) is 6.49. The van der Waals surface area contributed by atoms with E-state index in [0.29, 0.717) is 18.0 Å². The van der Waals surface area contributed by atoms with Gasteiger partial charge in [-0.2, -0.15) is 0 Å². The van der Waals surface area contributed by atoms with Gasteiger partial charge in [0.1, 0.15) is 11.5 Å². The summed E-state index contributed by atoms with van der Waals surface area (Å²) < 4.78 is 10.8. The highest BCUT2D eigenvalue weighted by atomic mass is 16.5. The van der Waals surface area contributed by atoms with Gasteiger partial charge in [-0.3, -0.25) is 4.79 Å². The molecule has 21 heavy (non-hydrogen) atoms. The normalized spacial score (nSPS) is 11.1. The van der Waals surface area contributed by atoms with E-state index in [-0.39, 0.29) is 18.1 Å². The summed E-state index contributed by atoms with van der Waals surface area (Å²) >= 11 is 0. The summed E-state index contributed by atoms with van der Waals surface area (Å²) in [5.74, 6) is 1.24. The molecule has 0 aliphatic heterocycles. The third kappa shape index (κ3) is 5.63. The van der Waals surface area contributed by atoms with Crippen LogP contribution in [0.2, 0.25) is 0 Å². The average Bonchev–Trinajstić information content (AvgIpc) is 2.46. The van der Waals surface area contributed by atoms with Crippen LogP contribution in [-0.2, 0) is 11.3 Å². The lowest BCUT2D eigenvalue weighted by atomic mass is 10.0. The molecule has 0 aliphatic rings. The number of methoxy groups -OCH3 is 1. The quantitative estimate of drug-likeness (QED) is 0.771. The van der Waals surface area contributed by atoms with E-state index >= 15 is 0 Å². The second-order valence-electron chi connectivity index (χ2n) is 5.58. The molecule has 0 spiro atoms. The number of amides is 1. The van der Waals surface area contributed by atoms with Gasteiger partial charge in [0.05, 0.1) is 7.11 Å². The van der Waals surface area contributed by atoms with Crippen molar-refractivity contribution in [3.05, 3.63) is 23.8 Å². The first kappa shape index (κ1) is 17.3. The number of carbonyl (C=O) groups is 1. The van der Waals surface area contributed by atoms with Crippen LogP contribution in [-0.4, -0.2) is 32.2 Å². The highest BCUT2D eigenvalue weighted by Gasteiger charge is 2.18. The molecular weight excluding hydrogens is 268 g/mol. The summed E-state index contributed by atoms with van der Waals surface area (Å²) in [5.41, 5.74) is 0.767. The topological polar surface area (TPSA) is 59.6 Å². The van der Waals surface area contributed by atoms with Crippen LogP contribution >= 0.6 is 0 Å². The molecule has 0 heterocycles. The van der Waals surface area contributed by atoms with E-state index < -0.39 is 0 Å². The Morgan fingerprint density at radius 1 is 1.33 bits per heavy atom. The SMILES string of the molecule is CCC(C)(C)NC(=O)COc1cc(OC)ccc1CNC. The van der Waals surface area contributed by atoms with Gasteiger partial charge in [-0.25, -0.2) is 0 Å². The minimum atomic E-state index is -0.220.